The van der Waals surface area contributed by atoms with Gasteiger partial charge in [-0.25, -0.2) is 0 Å². The van der Waals surface area contributed by atoms with Gasteiger partial charge in [-0.15, -0.1) is 0 Å². The summed E-state index contributed by atoms with van der Waals surface area (Å²) in [4.78, 5) is 2.50. The minimum Gasteiger partial charge on any atom is -0.493 e. The average molecular weight is 218 g/mol. The summed E-state index contributed by atoms with van der Waals surface area (Å²) < 4.78 is 5.61. The molecule has 1 aliphatic rings. The first-order valence-corrected chi connectivity index (χ1v) is 6.17. The average Bonchev–Trinajstić information content (AvgIpc) is 2.37. The molecular formula is C14H20NO. The Bertz CT molecular complexity index is 280. The van der Waals surface area contributed by atoms with Crippen molar-refractivity contribution >= 4 is 0 Å². The Morgan fingerprint density at radius 1 is 1.06 bits per heavy atom. The zero-order valence-electron chi connectivity index (χ0n) is 9.77. The van der Waals surface area contributed by atoms with Crippen LogP contribution >= 0.6 is 0 Å². The van der Waals surface area contributed by atoms with Crippen LogP contribution in [0.5, 0.6) is 5.75 Å². The second-order valence-corrected chi connectivity index (χ2v) is 4.27. The molecule has 0 aliphatic carbocycles. The maximum absolute atomic E-state index is 5.61. The van der Waals surface area contributed by atoms with Crippen LogP contribution in [0.1, 0.15) is 19.3 Å². The van der Waals surface area contributed by atoms with Gasteiger partial charge in [0.05, 0.1) is 6.61 Å². The quantitative estimate of drug-likeness (QED) is 0.705. The van der Waals surface area contributed by atoms with E-state index in [1.54, 1.807) is 0 Å². The highest BCUT2D eigenvalue weighted by atomic mass is 16.5. The van der Waals surface area contributed by atoms with Gasteiger partial charge < -0.3 is 9.64 Å². The molecule has 0 unspecified atom stereocenters. The van der Waals surface area contributed by atoms with Crippen LogP contribution in [-0.4, -0.2) is 31.1 Å². The van der Waals surface area contributed by atoms with Crippen LogP contribution in [0.2, 0.25) is 0 Å². The van der Waals surface area contributed by atoms with Crippen molar-refractivity contribution in [1.29, 1.82) is 0 Å². The Balaban J connectivity index is 1.58. The van der Waals surface area contributed by atoms with Crippen LogP contribution in [0.25, 0.3) is 0 Å². The molecule has 0 aromatic heterocycles. The summed E-state index contributed by atoms with van der Waals surface area (Å²) in [5, 5.41) is 0. The molecule has 0 atom stereocenters. The maximum atomic E-state index is 5.61. The van der Waals surface area contributed by atoms with E-state index in [9.17, 15) is 0 Å². The van der Waals surface area contributed by atoms with E-state index >= 15 is 0 Å². The van der Waals surface area contributed by atoms with Crippen molar-refractivity contribution in [2.24, 2.45) is 0 Å². The second kappa shape index (κ2) is 6.54. The zero-order chi connectivity index (χ0) is 11.1. The fourth-order valence-electron chi connectivity index (χ4n) is 2.05. The summed E-state index contributed by atoms with van der Waals surface area (Å²) in [6.07, 6.45) is 6.33. The summed E-state index contributed by atoms with van der Waals surface area (Å²) in [6, 6.07) is 9.99. The lowest BCUT2D eigenvalue weighted by molar-refractivity contribution is 0.233. The number of ether oxygens (including phenoxy) is 1. The third kappa shape index (κ3) is 3.86. The number of hydrogen-bond acceptors (Lipinski definition) is 2. The molecule has 0 N–H and O–H groups in total. The van der Waals surface area contributed by atoms with Crippen LogP contribution in [0.15, 0.2) is 30.3 Å². The predicted octanol–water partition coefficient (Wildman–Crippen LogP) is 2.76. The molecule has 1 aromatic carbocycles. The van der Waals surface area contributed by atoms with Crippen LogP contribution in [-0.2, 0) is 0 Å². The van der Waals surface area contributed by atoms with E-state index in [2.05, 4.69) is 11.3 Å². The highest BCUT2D eigenvalue weighted by molar-refractivity contribution is 5.20. The summed E-state index contributed by atoms with van der Waals surface area (Å²) in [7, 11) is 0. The van der Waals surface area contributed by atoms with Crippen molar-refractivity contribution in [3.8, 4) is 5.75 Å². The summed E-state index contributed by atoms with van der Waals surface area (Å²) in [6.45, 7) is 4.27. The van der Waals surface area contributed by atoms with Gasteiger partial charge in [0.1, 0.15) is 5.75 Å². The Morgan fingerprint density at radius 2 is 1.81 bits per heavy atom. The third-order valence-electron chi connectivity index (χ3n) is 2.95. The lowest BCUT2D eigenvalue weighted by Gasteiger charge is -2.26. The molecule has 87 valence electrons. The van der Waals surface area contributed by atoms with Gasteiger partial charge in [0.25, 0.3) is 0 Å². The number of benzene rings is 1. The predicted molar refractivity (Wildman–Crippen MR) is 66.5 cm³/mol. The number of piperidine rings is 1. The number of para-hydroxylation sites is 1. The van der Waals surface area contributed by atoms with E-state index in [0.717, 1.165) is 12.3 Å². The molecule has 1 saturated heterocycles. The third-order valence-corrected chi connectivity index (χ3v) is 2.95. The first-order valence-electron chi connectivity index (χ1n) is 6.17. The van der Waals surface area contributed by atoms with Crippen LogP contribution in [0.3, 0.4) is 0 Å². The summed E-state index contributed by atoms with van der Waals surface area (Å²) >= 11 is 0. The zero-order valence-corrected chi connectivity index (χ0v) is 9.77. The molecule has 0 spiro atoms. The first kappa shape index (κ1) is 11.5. The molecule has 1 aliphatic heterocycles. The monoisotopic (exact) mass is 218 g/mol. The van der Waals surface area contributed by atoms with Crippen molar-refractivity contribution in [2.45, 2.75) is 19.3 Å². The highest BCUT2D eigenvalue weighted by Gasteiger charge is 2.08. The van der Waals surface area contributed by atoms with Crippen molar-refractivity contribution in [3.05, 3.63) is 36.8 Å². The first-order chi connectivity index (χ1) is 7.95. The van der Waals surface area contributed by atoms with Gasteiger partial charge in [0.15, 0.2) is 0 Å². The van der Waals surface area contributed by atoms with Gasteiger partial charge in [-0.1, -0.05) is 24.6 Å². The van der Waals surface area contributed by atoms with Gasteiger partial charge in [-0.3, -0.25) is 0 Å². The minimum absolute atomic E-state index is 0.709. The molecule has 16 heavy (non-hydrogen) atoms. The van der Waals surface area contributed by atoms with Crippen molar-refractivity contribution < 1.29 is 4.74 Å². The van der Waals surface area contributed by atoms with E-state index < -0.39 is 0 Å². The largest absolute Gasteiger partial charge is 0.493 e. The number of likely N-dealkylation sites (tertiary alicyclic amines) is 1. The van der Waals surface area contributed by atoms with Gasteiger partial charge in [-0.05, 0) is 38.1 Å². The fourth-order valence-corrected chi connectivity index (χ4v) is 2.05. The van der Waals surface area contributed by atoms with E-state index in [4.69, 9.17) is 4.74 Å². The molecule has 1 fully saturated rings. The Kier molecular flexibility index (Phi) is 4.69. The summed E-state index contributed by atoms with van der Waals surface area (Å²) in [5.41, 5.74) is 0. The minimum atomic E-state index is 0.709. The molecule has 2 nitrogen and oxygen atoms in total. The van der Waals surface area contributed by atoms with Gasteiger partial charge in [0.2, 0.25) is 0 Å². The molecule has 0 saturated carbocycles. The second-order valence-electron chi connectivity index (χ2n) is 4.27. The van der Waals surface area contributed by atoms with Crippen LogP contribution < -0.4 is 4.74 Å². The van der Waals surface area contributed by atoms with Crippen molar-refractivity contribution in [3.63, 3.8) is 0 Å². The Morgan fingerprint density at radius 3 is 2.56 bits per heavy atom. The highest BCUT2D eigenvalue weighted by Crippen LogP contribution is 2.10. The van der Waals surface area contributed by atoms with E-state index in [1.807, 2.05) is 30.3 Å². The van der Waals surface area contributed by atoms with Gasteiger partial charge in [-0.2, -0.15) is 0 Å². The molecule has 1 heterocycles. The standard InChI is InChI=1S/C14H20NO/c1-3-8-14(9-4-1)16-13-7-12-15-10-5-2-6-11-15/h1,3-4,7-9H,2,5-6,10-13H2. The number of rotatable bonds is 5. The van der Waals surface area contributed by atoms with E-state index in [-0.39, 0.29) is 0 Å². The Labute approximate surface area is 98.2 Å². The number of hydrogen-bond donors (Lipinski definition) is 0. The Hall–Kier alpha value is -1.02. The smallest absolute Gasteiger partial charge is 0.119 e. The molecule has 0 bridgehead atoms. The molecule has 0 amide bonds. The normalized spacial score (nSPS) is 17.2. The van der Waals surface area contributed by atoms with Crippen LogP contribution in [0, 0.1) is 6.42 Å². The topological polar surface area (TPSA) is 12.5 Å². The molecule has 1 aromatic rings. The molecule has 2 heteroatoms. The number of nitrogens with zero attached hydrogens (tertiary/aromatic N) is 1. The van der Waals surface area contributed by atoms with Gasteiger partial charge >= 0.3 is 0 Å². The van der Waals surface area contributed by atoms with E-state index in [1.165, 1.54) is 32.4 Å². The summed E-state index contributed by atoms with van der Waals surface area (Å²) in [5.74, 6) is 0.956. The van der Waals surface area contributed by atoms with Crippen molar-refractivity contribution in [2.75, 3.05) is 26.2 Å². The SMILES string of the molecule is [CH](COc1ccccc1)CN1CCCCC1. The molecule has 1 radical (unpaired) electrons. The van der Waals surface area contributed by atoms with Crippen molar-refractivity contribution in [1.82, 2.24) is 4.90 Å². The maximum Gasteiger partial charge on any atom is 0.119 e. The molecular weight excluding hydrogens is 198 g/mol. The van der Waals surface area contributed by atoms with E-state index in [0.29, 0.717) is 6.61 Å². The van der Waals surface area contributed by atoms with Gasteiger partial charge in [0, 0.05) is 13.0 Å². The molecule has 2 rings (SSSR count). The lowest BCUT2D eigenvalue weighted by Crippen LogP contribution is -2.31. The lowest BCUT2D eigenvalue weighted by atomic mass is 10.1. The fraction of sp³-hybridized carbons (Fsp3) is 0.500. The van der Waals surface area contributed by atoms with Crippen LogP contribution in [0.4, 0.5) is 0 Å².